The summed E-state index contributed by atoms with van der Waals surface area (Å²) in [4.78, 5) is 25.8. The first kappa shape index (κ1) is 25.7. The van der Waals surface area contributed by atoms with Crippen LogP contribution in [0.3, 0.4) is 0 Å². The monoisotopic (exact) mass is 448 g/mol. The van der Waals surface area contributed by atoms with E-state index in [0.29, 0.717) is 18.4 Å². The van der Waals surface area contributed by atoms with Crippen molar-refractivity contribution in [1.82, 2.24) is 4.90 Å². The van der Waals surface area contributed by atoms with Gasteiger partial charge in [0.15, 0.2) is 5.30 Å². The van der Waals surface area contributed by atoms with Gasteiger partial charge in [-0.3, -0.25) is 4.79 Å². The van der Waals surface area contributed by atoms with E-state index in [4.69, 9.17) is 22.5 Å². The molecule has 1 amide bonds. The third kappa shape index (κ3) is 5.42. The zero-order valence-electron chi connectivity index (χ0n) is 19.1. The molecule has 1 aromatic carbocycles. The standard InChI is InChI=1S/C22H37Cl2NO2P/c1-11-25(12-2)19(26)22(9,10)15-13-16(20(3,4)5)18(28(23,24)27)17(14-15)21(6,7)8/h13-14,27H,11-12H2,1-10H3/q+1. The summed E-state index contributed by atoms with van der Waals surface area (Å²) in [6.45, 7) is 21.7. The Morgan fingerprint density at radius 1 is 0.929 bits per heavy atom. The quantitative estimate of drug-likeness (QED) is 0.537. The van der Waals surface area contributed by atoms with Crippen molar-refractivity contribution >= 4 is 39.9 Å². The molecule has 0 unspecified atom stereocenters. The molecular formula is C22H37Cl2NO2P+. The van der Waals surface area contributed by atoms with Gasteiger partial charge in [0.05, 0.1) is 5.41 Å². The molecule has 0 aromatic heterocycles. The molecular weight excluding hydrogens is 412 g/mol. The Kier molecular flexibility index (Phi) is 7.73. The molecule has 0 spiro atoms. The van der Waals surface area contributed by atoms with Gasteiger partial charge >= 0.3 is 6.19 Å². The van der Waals surface area contributed by atoms with Crippen molar-refractivity contribution in [2.75, 3.05) is 13.1 Å². The average molecular weight is 449 g/mol. The molecule has 3 nitrogen and oxygen atoms in total. The largest absolute Gasteiger partial charge is 0.369 e. The summed E-state index contributed by atoms with van der Waals surface area (Å²) in [5.41, 5.74) is 1.42. The van der Waals surface area contributed by atoms with Gasteiger partial charge in [-0.15, -0.1) is 0 Å². The van der Waals surface area contributed by atoms with Crippen LogP contribution < -0.4 is 5.30 Å². The Morgan fingerprint density at radius 3 is 1.54 bits per heavy atom. The Labute approximate surface area is 181 Å². The van der Waals surface area contributed by atoms with Gasteiger partial charge in [-0.2, -0.15) is 0 Å². The molecule has 160 valence electrons. The van der Waals surface area contributed by atoms with Crippen molar-refractivity contribution in [3.63, 3.8) is 0 Å². The second kappa shape index (κ2) is 8.42. The number of hydrogen-bond donors (Lipinski definition) is 1. The third-order valence-corrected chi connectivity index (χ3v) is 7.34. The fourth-order valence-corrected chi connectivity index (χ4v) is 5.93. The number of nitrogens with zero attached hydrogens (tertiary/aromatic N) is 1. The zero-order valence-corrected chi connectivity index (χ0v) is 21.5. The Balaban J connectivity index is 3.93. The van der Waals surface area contributed by atoms with Crippen molar-refractivity contribution in [3.8, 4) is 0 Å². The maximum absolute atomic E-state index is 13.3. The van der Waals surface area contributed by atoms with Gasteiger partial charge in [-0.05, 0) is 44.1 Å². The summed E-state index contributed by atoms with van der Waals surface area (Å²) < 4.78 is 0. The molecule has 0 saturated carbocycles. The molecule has 1 aromatic rings. The maximum atomic E-state index is 13.3. The highest BCUT2D eigenvalue weighted by Gasteiger charge is 2.47. The fourth-order valence-electron chi connectivity index (χ4n) is 3.46. The zero-order chi connectivity index (χ0) is 22.3. The van der Waals surface area contributed by atoms with Crippen LogP contribution in [0.15, 0.2) is 12.1 Å². The molecule has 0 heterocycles. The van der Waals surface area contributed by atoms with E-state index < -0.39 is 11.6 Å². The first-order valence-corrected chi connectivity index (χ1v) is 13.4. The number of hydrogen-bond acceptors (Lipinski definition) is 2. The molecule has 6 heteroatoms. The van der Waals surface area contributed by atoms with E-state index >= 15 is 0 Å². The highest BCUT2D eigenvalue weighted by atomic mass is 35.9. The van der Waals surface area contributed by atoms with Gasteiger partial charge < -0.3 is 4.90 Å². The van der Waals surface area contributed by atoms with E-state index in [1.807, 2.05) is 44.7 Å². The van der Waals surface area contributed by atoms with Gasteiger partial charge in [0, 0.05) is 24.2 Å². The minimum atomic E-state index is -3.31. The molecule has 0 atom stereocenters. The second-order valence-corrected chi connectivity index (χ2v) is 14.9. The minimum Gasteiger partial charge on any atom is -0.343 e. The van der Waals surface area contributed by atoms with E-state index in [1.165, 1.54) is 0 Å². The summed E-state index contributed by atoms with van der Waals surface area (Å²) in [5, 5.41) is 0.630. The number of amides is 1. The summed E-state index contributed by atoms with van der Waals surface area (Å²) in [6.07, 6.45) is -3.31. The Morgan fingerprint density at radius 2 is 1.29 bits per heavy atom. The van der Waals surface area contributed by atoms with Crippen molar-refractivity contribution in [1.29, 1.82) is 0 Å². The van der Waals surface area contributed by atoms with E-state index in [-0.39, 0.29) is 16.7 Å². The van der Waals surface area contributed by atoms with E-state index in [1.54, 1.807) is 0 Å². The predicted octanol–water partition coefficient (Wildman–Crippen LogP) is 6.29. The summed E-state index contributed by atoms with van der Waals surface area (Å²) in [5.74, 6) is 0.0896. The molecule has 0 radical (unpaired) electrons. The van der Waals surface area contributed by atoms with Crippen molar-refractivity contribution in [2.24, 2.45) is 0 Å². The van der Waals surface area contributed by atoms with Crippen LogP contribution in [-0.4, -0.2) is 28.8 Å². The molecule has 0 bridgehead atoms. The summed E-state index contributed by atoms with van der Waals surface area (Å²) in [7, 11) is 0. The van der Waals surface area contributed by atoms with Gasteiger partial charge in [-0.1, -0.05) is 53.7 Å². The van der Waals surface area contributed by atoms with E-state index in [2.05, 4.69) is 41.5 Å². The van der Waals surface area contributed by atoms with Gasteiger partial charge in [-0.25, -0.2) is 4.89 Å². The lowest BCUT2D eigenvalue weighted by Crippen LogP contribution is -2.44. The smallest absolute Gasteiger partial charge is 0.343 e. The highest BCUT2D eigenvalue weighted by molar-refractivity contribution is 8.18. The highest BCUT2D eigenvalue weighted by Crippen LogP contribution is 2.66. The molecule has 1 rings (SSSR count). The fraction of sp³-hybridized carbons (Fsp3) is 0.682. The normalized spacial score (nSPS) is 13.6. The lowest BCUT2D eigenvalue weighted by molar-refractivity contribution is -0.135. The number of rotatable bonds is 5. The van der Waals surface area contributed by atoms with Crippen LogP contribution >= 0.6 is 28.7 Å². The molecule has 0 aliphatic carbocycles. The molecule has 0 aliphatic rings. The van der Waals surface area contributed by atoms with Crippen molar-refractivity contribution in [2.45, 2.75) is 85.5 Å². The lowest BCUT2D eigenvalue weighted by atomic mass is 9.74. The number of likely N-dealkylation sites (N-methyl/N-ethyl adjacent to an activating group) is 1. The number of halogens is 2. The Hall–Kier alpha value is -0.340. The molecule has 28 heavy (non-hydrogen) atoms. The van der Waals surface area contributed by atoms with Crippen LogP contribution in [0.25, 0.3) is 0 Å². The topological polar surface area (TPSA) is 40.5 Å². The van der Waals surface area contributed by atoms with Crippen LogP contribution in [0.4, 0.5) is 0 Å². The Bertz CT molecular complexity index is 687. The van der Waals surface area contributed by atoms with Crippen molar-refractivity contribution in [3.05, 3.63) is 28.8 Å². The summed E-state index contributed by atoms with van der Waals surface area (Å²) >= 11 is 12.7. The molecule has 1 N–H and O–H groups in total. The number of carbonyl (C=O) groups excluding carboxylic acids is 1. The molecule has 0 aliphatic heterocycles. The SMILES string of the molecule is CCN(CC)C(=O)C(C)(C)c1cc(C(C)(C)C)c([P+](O)(Cl)Cl)c(C(C)(C)C)c1. The molecule has 0 saturated heterocycles. The van der Waals surface area contributed by atoms with Crippen LogP contribution in [0.1, 0.15) is 85.9 Å². The second-order valence-electron chi connectivity index (χ2n) is 10.0. The van der Waals surface area contributed by atoms with Gasteiger partial charge in [0.2, 0.25) is 5.91 Å². The van der Waals surface area contributed by atoms with Gasteiger partial charge in [0.25, 0.3) is 0 Å². The third-order valence-electron chi connectivity index (χ3n) is 5.30. The van der Waals surface area contributed by atoms with Crippen LogP contribution in [0.5, 0.6) is 0 Å². The predicted molar refractivity (Wildman–Crippen MR) is 125 cm³/mol. The van der Waals surface area contributed by atoms with Crippen molar-refractivity contribution < 1.29 is 9.69 Å². The number of carbonyl (C=O) groups is 1. The summed E-state index contributed by atoms with van der Waals surface area (Å²) in [6, 6.07) is 4.03. The van der Waals surface area contributed by atoms with E-state index in [0.717, 1.165) is 16.7 Å². The minimum absolute atomic E-state index is 0.0896. The lowest BCUT2D eigenvalue weighted by Gasteiger charge is -2.35. The van der Waals surface area contributed by atoms with Crippen LogP contribution in [0, 0.1) is 0 Å². The average Bonchev–Trinajstić information content (AvgIpc) is 2.52. The maximum Gasteiger partial charge on any atom is 0.369 e. The first-order chi connectivity index (χ1) is 12.4. The van der Waals surface area contributed by atoms with Crippen LogP contribution in [-0.2, 0) is 21.0 Å². The first-order valence-electron chi connectivity index (χ1n) is 9.89. The molecule has 0 fully saturated rings. The van der Waals surface area contributed by atoms with E-state index in [9.17, 15) is 9.69 Å². The van der Waals surface area contributed by atoms with Gasteiger partial charge in [0.1, 0.15) is 22.5 Å². The van der Waals surface area contributed by atoms with Crippen LogP contribution in [0.2, 0.25) is 0 Å². The number of benzene rings is 1.